The monoisotopic (exact) mass is 317 g/mol. The van der Waals surface area contributed by atoms with E-state index in [9.17, 15) is 23.1 Å². The topological polar surface area (TPSA) is 90.1 Å². The van der Waals surface area contributed by atoms with E-state index in [1.54, 1.807) is 0 Å². The van der Waals surface area contributed by atoms with Gasteiger partial charge in [0, 0.05) is 12.3 Å². The van der Waals surface area contributed by atoms with E-state index in [0.717, 1.165) is 0 Å². The van der Waals surface area contributed by atoms with Gasteiger partial charge in [0.05, 0.1) is 17.7 Å². The molecule has 0 unspecified atom stereocenters. The highest BCUT2D eigenvalue weighted by atomic mass is 19.2. The molecule has 0 saturated carbocycles. The highest BCUT2D eigenvalue weighted by molar-refractivity contribution is 6.14. The summed E-state index contributed by atoms with van der Waals surface area (Å²) in [6.07, 6.45) is 0.691. The summed E-state index contributed by atoms with van der Waals surface area (Å²) >= 11 is 0. The molecular formula is C14H14F3NO4. The van der Waals surface area contributed by atoms with Gasteiger partial charge in [0.25, 0.3) is 0 Å². The summed E-state index contributed by atoms with van der Waals surface area (Å²) in [4.78, 5) is 14.9. The third-order valence-electron chi connectivity index (χ3n) is 2.66. The van der Waals surface area contributed by atoms with E-state index in [2.05, 4.69) is 4.99 Å². The second-order valence-corrected chi connectivity index (χ2v) is 5.05. The maximum absolute atomic E-state index is 13.6. The first-order valence-corrected chi connectivity index (χ1v) is 6.06. The largest absolute Gasteiger partial charge is 0.506 e. The van der Waals surface area contributed by atoms with Crippen LogP contribution in [0.5, 0.6) is 0 Å². The number of aliphatic hydroxyl groups is 2. The van der Waals surface area contributed by atoms with Crippen molar-refractivity contribution in [3.63, 3.8) is 0 Å². The van der Waals surface area contributed by atoms with Crippen LogP contribution in [0.3, 0.4) is 0 Å². The van der Waals surface area contributed by atoms with Gasteiger partial charge in [-0.1, -0.05) is 0 Å². The van der Waals surface area contributed by atoms with Crippen LogP contribution >= 0.6 is 0 Å². The summed E-state index contributed by atoms with van der Waals surface area (Å²) in [5.41, 5.74) is -2.86. The van der Waals surface area contributed by atoms with Gasteiger partial charge in [-0.3, -0.25) is 4.99 Å². The minimum Gasteiger partial charge on any atom is -0.506 e. The maximum atomic E-state index is 13.6. The third-order valence-corrected chi connectivity index (χ3v) is 2.66. The van der Waals surface area contributed by atoms with Crippen molar-refractivity contribution < 1.29 is 33.3 Å². The normalized spacial score (nSPS) is 13.4. The number of carbonyl (C=O) groups is 1. The molecule has 1 aromatic rings. The van der Waals surface area contributed by atoms with Crippen molar-refractivity contribution in [1.29, 1.82) is 0 Å². The smallest absolute Gasteiger partial charge is 0.341 e. The number of benzene rings is 1. The summed E-state index contributed by atoms with van der Waals surface area (Å²) < 4.78 is 39.8. The van der Waals surface area contributed by atoms with Crippen LogP contribution < -0.4 is 0 Å². The van der Waals surface area contributed by atoms with Crippen LogP contribution in [0.15, 0.2) is 22.7 Å². The molecule has 0 atom stereocenters. The lowest BCUT2D eigenvalue weighted by Crippen LogP contribution is -2.22. The average Bonchev–Trinajstić information content (AvgIpc) is 2.42. The Morgan fingerprint density at radius 3 is 2.36 bits per heavy atom. The molecule has 0 spiro atoms. The number of aliphatic imine (C=N–C) groups is 1. The molecule has 0 aliphatic heterocycles. The lowest BCUT2D eigenvalue weighted by Gasteiger charge is -2.15. The fraction of sp³-hybridized carbons (Fsp3) is 0.286. The maximum Gasteiger partial charge on any atom is 0.341 e. The lowest BCUT2D eigenvalue weighted by molar-refractivity contribution is -0.132. The fourth-order valence-electron chi connectivity index (χ4n) is 1.37. The number of nitrogens with zero attached hydrogens (tertiary/aromatic N) is 1. The van der Waals surface area contributed by atoms with Crippen molar-refractivity contribution >= 4 is 17.9 Å². The molecule has 1 rings (SSSR count). The fourth-order valence-corrected chi connectivity index (χ4v) is 1.37. The molecular weight excluding hydrogens is 303 g/mol. The molecule has 8 heteroatoms. The Bertz CT molecular complexity index is 654. The molecule has 0 radical (unpaired) electrons. The molecule has 22 heavy (non-hydrogen) atoms. The van der Waals surface area contributed by atoms with Gasteiger partial charge in [-0.25, -0.2) is 18.0 Å². The number of hydrogen-bond acceptors (Lipinski definition) is 4. The molecule has 0 saturated heterocycles. The number of aliphatic carboxylic acids is 1. The van der Waals surface area contributed by atoms with Gasteiger partial charge in [-0.15, -0.1) is 0 Å². The van der Waals surface area contributed by atoms with Crippen molar-refractivity contribution in [3.05, 3.63) is 40.7 Å². The van der Waals surface area contributed by atoms with Crippen LogP contribution in [-0.4, -0.2) is 39.6 Å². The van der Waals surface area contributed by atoms with Crippen LogP contribution in [0.1, 0.15) is 19.4 Å². The number of rotatable bonds is 5. The first-order valence-electron chi connectivity index (χ1n) is 6.06. The van der Waals surface area contributed by atoms with Gasteiger partial charge >= 0.3 is 5.97 Å². The zero-order valence-corrected chi connectivity index (χ0v) is 11.8. The zero-order chi connectivity index (χ0) is 17.1. The molecule has 0 aliphatic carbocycles. The van der Waals surface area contributed by atoms with E-state index in [-0.39, 0.29) is 6.07 Å². The molecule has 5 nitrogen and oxygen atoms in total. The number of aliphatic hydroxyl groups excluding tert-OH is 2. The van der Waals surface area contributed by atoms with E-state index in [4.69, 9.17) is 10.2 Å². The third kappa shape index (κ3) is 4.08. The summed E-state index contributed by atoms with van der Waals surface area (Å²) in [5, 5.41) is 27.9. The van der Waals surface area contributed by atoms with Crippen LogP contribution in [0.25, 0.3) is 5.76 Å². The van der Waals surface area contributed by atoms with Crippen molar-refractivity contribution in [2.75, 3.05) is 6.61 Å². The van der Waals surface area contributed by atoms with Gasteiger partial charge in [-0.05, 0) is 19.9 Å². The predicted molar refractivity (Wildman–Crippen MR) is 73.2 cm³/mol. The molecule has 1 aromatic carbocycles. The molecule has 0 aromatic heterocycles. The van der Waals surface area contributed by atoms with Crippen LogP contribution in [0, 0.1) is 17.5 Å². The summed E-state index contributed by atoms with van der Waals surface area (Å²) in [6.45, 7) is 2.53. The van der Waals surface area contributed by atoms with Gasteiger partial charge in [-0.2, -0.15) is 0 Å². The van der Waals surface area contributed by atoms with E-state index in [0.29, 0.717) is 12.3 Å². The minimum atomic E-state index is -1.68. The standard InChI is InChI=1S/C14H14F3NO4/c1-14(2,6-19)18-5-9(13(21)22)12(20)8-3-7(15)4-10(16)11(8)17/h3-5,19-20H,6H2,1-2H3,(H,21,22). The molecule has 120 valence electrons. The first kappa shape index (κ1) is 17.7. The molecule has 0 amide bonds. The second-order valence-electron chi connectivity index (χ2n) is 5.05. The number of halogens is 3. The van der Waals surface area contributed by atoms with Gasteiger partial charge in [0.1, 0.15) is 17.1 Å². The molecule has 3 N–H and O–H groups in total. The predicted octanol–water partition coefficient (Wildman–Crippen LogP) is 2.30. The molecule has 0 heterocycles. The van der Waals surface area contributed by atoms with Crippen molar-refractivity contribution in [2.45, 2.75) is 19.4 Å². The highest BCUT2D eigenvalue weighted by Gasteiger charge is 2.21. The Balaban J connectivity index is 3.46. The number of carboxylic acid groups (broad SMARTS) is 1. The van der Waals surface area contributed by atoms with Crippen molar-refractivity contribution in [2.24, 2.45) is 4.99 Å². The van der Waals surface area contributed by atoms with E-state index < -0.39 is 52.5 Å². The molecule has 0 fully saturated rings. The lowest BCUT2D eigenvalue weighted by atomic mass is 10.1. The highest BCUT2D eigenvalue weighted by Crippen LogP contribution is 2.23. The van der Waals surface area contributed by atoms with Gasteiger partial charge in [0.2, 0.25) is 0 Å². The van der Waals surface area contributed by atoms with E-state index in [1.165, 1.54) is 13.8 Å². The van der Waals surface area contributed by atoms with Crippen LogP contribution in [-0.2, 0) is 4.79 Å². The van der Waals surface area contributed by atoms with E-state index >= 15 is 0 Å². The van der Waals surface area contributed by atoms with Crippen molar-refractivity contribution in [3.8, 4) is 0 Å². The van der Waals surface area contributed by atoms with Gasteiger partial charge < -0.3 is 15.3 Å². The molecule has 0 bridgehead atoms. The average molecular weight is 317 g/mol. The van der Waals surface area contributed by atoms with E-state index in [1.807, 2.05) is 0 Å². The Labute approximate surface area is 124 Å². The quantitative estimate of drug-likeness (QED) is 0.336. The first-order chi connectivity index (χ1) is 10.1. The summed E-state index contributed by atoms with van der Waals surface area (Å²) in [5.74, 6) is -7.20. The Kier molecular flexibility index (Phi) is 5.32. The zero-order valence-electron chi connectivity index (χ0n) is 11.8. The summed E-state index contributed by atoms with van der Waals surface area (Å²) in [7, 11) is 0. The Hall–Kier alpha value is -2.35. The minimum absolute atomic E-state index is 0.259. The number of carboxylic acids is 1. The van der Waals surface area contributed by atoms with Crippen LogP contribution in [0.4, 0.5) is 13.2 Å². The second kappa shape index (κ2) is 6.61. The SMILES string of the molecule is CC(C)(CO)N=CC(C(=O)O)=C(O)c1cc(F)cc(F)c1F. The number of hydrogen-bond donors (Lipinski definition) is 3. The van der Waals surface area contributed by atoms with Gasteiger partial charge in [0.15, 0.2) is 11.6 Å². The Morgan fingerprint density at radius 1 is 1.27 bits per heavy atom. The van der Waals surface area contributed by atoms with Crippen LogP contribution in [0.2, 0.25) is 0 Å². The van der Waals surface area contributed by atoms with Crippen molar-refractivity contribution in [1.82, 2.24) is 0 Å². The summed E-state index contributed by atoms with van der Waals surface area (Å²) in [6, 6.07) is 0.719. The molecule has 0 aliphatic rings. The Morgan fingerprint density at radius 2 is 1.86 bits per heavy atom.